The molecule has 3 aromatic rings. The highest BCUT2D eigenvalue weighted by Gasteiger charge is 2.39. The predicted molar refractivity (Wildman–Crippen MR) is 131 cm³/mol. The van der Waals surface area contributed by atoms with Crippen molar-refractivity contribution in [3.05, 3.63) is 46.6 Å². The first-order valence-corrected chi connectivity index (χ1v) is 12.8. The number of aromatic nitrogens is 2. The summed E-state index contributed by atoms with van der Waals surface area (Å²) in [6.07, 6.45) is 9.67. The molecule has 0 radical (unpaired) electrons. The van der Waals surface area contributed by atoms with Crippen molar-refractivity contribution >= 4 is 39.7 Å². The molecule has 3 heterocycles. The van der Waals surface area contributed by atoms with Crippen LogP contribution >= 0.6 is 22.9 Å². The molecule has 170 valence electrons. The van der Waals surface area contributed by atoms with Crippen molar-refractivity contribution in [2.24, 2.45) is 0 Å². The molecule has 5 rings (SSSR count). The molecule has 1 aromatic carbocycles. The van der Waals surface area contributed by atoms with Gasteiger partial charge in [-0.3, -0.25) is 14.3 Å². The zero-order chi connectivity index (χ0) is 22.1. The Morgan fingerprint density at radius 1 is 1.34 bits per heavy atom. The van der Waals surface area contributed by atoms with Crippen LogP contribution in [0.3, 0.4) is 0 Å². The second kappa shape index (κ2) is 9.14. The molecule has 1 saturated carbocycles. The molecule has 1 amide bonds. The Kier molecular flexibility index (Phi) is 6.25. The monoisotopic (exact) mass is 471 g/mol. The van der Waals surface area contributed by atoms with Crippen LogP contribution in [-0.4, -0.2) is 58.1 Å². The number of amides is 1. The number of carbonyl (C=O) groups excluding carboxylic acids is 1. The van der Waals surface area contributed by atoms with Crippen molar-refractivity contribution in [3.63, 3.8) is 0 Å². The summed E-state index contributed by atoms with van der Waals surface area (Å²) in [7, 11) is 0. The van der Waals surface area contributed by atoms with Crippen LogP contribution in [0.4, 0.5) is 0 Å². The van der Waals surface area contributed by atoms with Crippen molar-refractivity contribution in [1.29, 1.82) is 0 Å². The quantitative estimate of drug-likeness (QED) is 0.576. The van der Waals surface area contributed by atoms with E-state index in [0.717, 1.165) is 48.5 Å². The van der Waals surface area contributed by atoms with Gasteiger partial charge in [-0.25, -0.2) is 4.98 Å². The molecule has 32 heavy (non-hydrogen) atoms. The van der Waals surface area contributed by atoms with Crippen molar-refractivity contribution < 1.29 is 4.79 Å². The fraction of sp³-hybridized carbons (Fsp3) is 0.500. The number of benzene rings is 1. The average molecular weight is 472 g/mol. The van der Waals surface area contributed by atoms with E-state index < -0.39 is 0 Å². The standard InChI is InChI=1S/C24H30ClN5OS/c1-17-14-29(12-10-26-17)24(8-3-2-4-9-24)16-28-22(31)18-15-30(23-27-11-13-32-23)20-7-5-6-19(25)21(18)20/h5-7,11,13,15,17,26H,2-4,8-10,12,14,16H2,1H3,(H,28,31)/t17-/m0/s1. The number of nitrogens with one attached hydrogen (secondary N) is 2. The van der Waals surface area contributed by atoms with E-state index in [0.29, 0.717) is 23.2 Å². The molecular weight excluding hydrogens is 442 g/mol. The molecule has 1 saturated heterocycles. The van der Waals surface area contributed by atoms with Gasteiger partial charge >= 0.3 is 0 Å². The summed E-state index contributed by atoms with van der Waals surface area (Å²) in [6, 6.07) is 6.23. The fourth-order valence-electron chi connectivity index (χ4n) is 5.43. The van der Waals surface area contributed by atoms with Gasteiger partial charge in [0, 0.05) is 60.9 Å². The molecule has 2 aromatic heterocycles. The lowest BCUT2D eigenvalue weighted by Crippen LogP contribution is -2.63. The number of fused-ring (bicyclic) bond motifs is 1. The van der Waals surface area contributed by atoms with Gasteiger partial charge in [-0.2, -0.15) is 0 Å². The minimum absolute atomic E-state index is 0.0434. The van der Waals surface area contributed by atoms with E-state index in [-0.39, 0.29) is 11.4 Å². The van der Waals surface area contributed by atoms with Crippen molar-refractivity contribution in [1.82, 2.24) is 25.1 Å². The van der Waals surface area contributed by atoms with Gasteiger partial charge in [0.2, 0.25) is 0 Å². The first kappa shape index (κ1) is 21.9. The van der Waals surface area contributed by atoms with Gasteiger partial charge in [0.05, 0.1) is 16.1 Å². The molecule has 0 bridgehead atoms. The Balaban J connectivity index is 1.43. The van der Waals surface area contributed by atoms with Crippen LogP contribution in [-0.2, 0) is 0 Å². The Hall–Kier alpha value is -1.93. The lowest BCUT2D eigenvalue weighted by molar-refractivity contribution is 0.0273. The van der Waals surface area contributed by atoms with E-state index in [1.165, 1.54) is 19.3 Å². The number of halogens is 1. The van der Waals surface area contributed by atoms with Crippen LogP contribution in [0.15, 0.2) is 36.0 Å². The number of nitrogens with zero attached hydrogens (tertiary/aromatic N) is 3. The van der Waals surface area contributed by atoms with Crippen LogP contribution in [0, 0.1) is 0 Å². The summed E-state index contributed by atoms with van der Waals surface area (Å²) in [5, 5.41) is 11.0. The van der Waals surface area contributed by atoms with Crippen LogP contribution in [0.25, 0.3) is 16.0 Å². The van der Waals surface area contributed by atoms with Crippen molar-refractivity contribution in [2.75, 3.05) is 26.2 Å². The van der Waals surface area contributed by atoms with Crippen LogP contribution in [0.5, 0.6) is 0 Å². The summed E-state index contributed by atoms with van der Waals surface area (Å²) < 4.78 is 1.97. The number of hydrogen-bond donors (Lipinski definition) is 2. The maximum absolute atomic E-state index is 13.5. The number of hydrogen-bond acceptors (Lipinski definition) is 5. The van der Waals surface area contributed by atoms with Crippen molar-refractivity contribution in [2.45, 2.75) is 50.6 Å². The number of piperazine rings is 1. The molecular formula is C24H30ClN5OS. The maximum atomic E-state index is 13.5. The van der Waals surface area contributed by atoms with E-state index in [9.17, 15) is 4.79 Å². The van der Waals surface area contributed by atoms with Gasteiger partial charge in [-0.1, -0.05) is 36.9 Å². The number of carbonyl (C=O) groups is 1. The topological polar surface area (TPSA) is 62.2 Å². The molecule has 2 fully saturated rings. The fourth-order valence-corrected chi connectivity index (χ4v) is 6.33. The SMILES string of the molecule is C[C@H]1CN(C2(CNC(=O)c3cn(-c4nccs4)c4cccc(Cl)c34)CCCCC2)CCN1. The molecule has 0 spiro atoms. The maximum Gasteiger partial charge on any atom is 0.253 e. The summed E-state index contributed by atoms with van der Waals surface area (Å²) in [4.78, 5) is 20.6. The van der Waals surface area contributed by atoms with Gasteiger partial charge in [0.25, 0.3) is 5.91 Å². The molecule has 8 heteroatoms. The highest BCUT2D eigenvalue weighted by Crippen LogP contribution is 2.35. The third-order valence-electron chi connectivity index (χ3n) is 7.05. The largest absolute Gasteiger partial charge is 0.350 e. The third-order valence-corrected chi connectivity index (χ3v) is 8.14. The summed E-state index contributed by atoms with van der Waals surface area (Å²) >= 11 is 8.11. The molecule has 1 aliphatic carbocycles. The summed E-state index contributed by atoms with van der Waals surface area (Å²) in [5.74, 6) is -0.0634. The molecule has 6 nitrogen and oxygen atoms in total. The minimum atomic E-state index is -0.0634. The van der Waals surface area contributed by atoms with Gasteiger partial charge in [-0.05, 0) is 31.9 Å². The Morgan fingerprint density at radius 3 is 2.94 bits per heavy atom. The molecule has 1 aliphatic heterocycles. The van der Waals surface area contributed by atoms with E-state index in [1.54, 1.807) is 17.5 Å². The highest BCUT2D eigenvalue weighted by molar-refractivity contribution is 7.12. The Labute approximate surface area is 198 Å². The summed E-state index contributed by atoms with van der Waals surface area (Å²) in [5.41, 5.74) is 1.56. The normalized spacial score (nSPS) is 21.6. The first-order valence-electron chi connectivity index (χ1n) is 11.5. The van der Waals surface area contributed by atoms with Crippen molar-refractivity contribution in [3.8, 4) is 5.13 Å². The van der Waals surface area contributed by atoms with E-state index in [1.807, 2.05) is 34.3 Å². The van der Waals surface area contributed by atoms with Gasteiger partial charge in [0.1, 0.15) is 0 Å². The lowest BCUT2D eigenvalue weighted by Gasteiger charge is -2.49. The van der Waals surface area contributed by atoms with Gasteiger partial charge in [0.15, 0.2) is 5.13 Å². The molecule has 2 aliphatic rings. The lowest BCUT2D eigenvalue weighted by atomic mass is 9.79. The minimum Gasteiger partial charge on any atom is -0.350 e. The average Bonchev–Trinajstić information content (AvgIpc) is 3.47. The van der Waals surface area contributed by atoms with E-state index in [4.69, 9.17) is 11.6 Å². The Morgan fingerprint density at radius 2 is 2.19 bits per heavy atom. The number of thiazole rings is 1. The molecule has 1 atom stereocenters. The smallest absolute Gasteiger partial charge is 0.253 e. The molecule has 0 unspecified atom stereocenters. The number of rotatable bonds is 5. The predicted octanol–water partition coefficient (Wildman–Crippen LogP) is 4.47. The Bertz CT molecular complexity index is 1090. The zero-order valence-corrected chi connectivity index (χ0v) is 20.0. The van der Waals surface area contributed by atoms with Crippen LogP contribution in [0.1, 0.15) is 49.4 Å². The zero-order valence-electron chi connectivity index (χ0n) is 18.4. The second-order valence-electron chi connectivity index (χ2n) is 9.13. The summed E-state index contributed by atoms with van der Waals surface area (Å²) in [6.45, 7) is 6.00. The second-order valence-corrected chi connectivity index (χ2v) is 10.4. The third kappa shape index (κ3) is 4.07. The van der Waals surface area contributed by atoms with Gasteiger partial charge < -0.3 is 10.6 Å². The van der Waals surface area contributed by atoms with Crippen LogP contribution < -0.4 is 10.6 Å². The highest BCUT2D eigenvalue weighted by atomic mass is 35.5. The van der Waals surface area contributed by atoms with E-state index >= 15 is 0 Å². The van der Waals surface area contributed by atoms with Gasteiger partial charge in [-0.15, -0.1) is 11.3 Å². The van der Waals surface area contributed by atoms with Crippen LogP contribution in [0.2, 0.25) is 5.02 Å². The molecule has 2 N–H and O–H groups in total. The van der Waals surface area contributed by atoms with E-state index in [2.05, 4.69) is 27.4 Å². The first-order chi connectivity index (χ1) is 15.6.